The first-order valence-electron chi connectivity index (χ1n) is 11.4. The fourth-order valence-corrected chi connectivity index (χ4v) is 5.47. The van der Waals surface area contributed by atoms with Gasteiger partial charge in [-0.15, -0.1) is 0 Å². The Morgan fingerprint density at radius 1 is 1.20 bits per heavy atom. The molecule has 182 valence electrons. The number of sulfone groups is 1. The van der Waals surface area contributed by atoms with Gasteiger partial charge in [-0.3, -0.25) is 9.78 Å². The maximum absolute atomic E-state index is 14.9. The van der Waals surface area contributed by atoms with Crippen LogP contribution in [-0.2, 0) is 21.1 Å². The molecule has 1 aromatic carbocycles. The molecule has 0 atom stereocenters. The SMILES string of the molecule is CCOc1cncc(-c2ccc(C(=O)NC3(c4ccnc(CS(=O)(=O)C5CC5)n4)CC3)c(F)c2)n1. The van der Waals surface area contributed by atoms with E-state index < -0.39 is 27.1 Å². The van der Waals surface area contributed by atoms with Crippen LogP contribution in [-0.4, -0.2) is 46.1 Å². The summed E-state index contributed by atoms with van der Waals surface area (Å²) in [7, 11) is -3.27. The van der Waals surface area contributed by atoms with E-state index in [2.05, 4.69) is 25.3 Å². The van der Waals surface area contributed by atoms with Crippen molar-refractivity contribution < 1.29 is 22.3 Å². The Morgan fingerprint density at radius 3 is 2.69 bits per heavy atom. The summed E-state index contributed by atoms with van der Waals surface area (Å²) in [4.78, 5) is 29.8. The van der Waals surface area contributed by atoms with Gasteiger partial charge in [0.25, 0.3) is 5.91 Å². The fourth-order valence-electron chi connectivity index (χ4n) is 3.88. The van der Waals surface area contributed by atoms with Crippen molar-refractivity contribution in [3.8, 4) is 17.1 Å². The number of aromatic nitrogens is 4. The van der Waals surface area contributed by atoms with Crippen molar-refractivity contribution in [3.63, 3.8) is 0 Å². The Kier molecular flexibility index (Phi) is 5.96. The Hall–Kier alpha value is -3.47. The van der Waals surface area contributed by atoms with Crippen LogP contribution in [0.2, 0.25) is 0 Å². The van der Waals surface area contributed by atoms with E-state index in [1.165, 1.54) is 30.7 Å². The first-order valence-corrected chi connectivity index (χ1v) is 13.1. The summed E-state index contributed by atoms with van der Waals surface area (Å²) in [6.45, 7) is 2.25. The highest BCUT2D eigenvalue weighted by Crippen LogP contribution is 2.45. The van der Waals surface area contributed by atoms with Crippen molar-refractivity contribution in [3.05, 3.63) is 65.8 Å². The first-order chi connectivity index (χ1) is 16.8. The van der Waals surface area contributed by atoms with E-state index >= 15 is 0 Å². The van der Waals surface area contributed by atoms with Gasteiger partial charge in [0, 0.05) is 11.8 Å². The molecule has 2 fully saturated rings. The van der Waals surface area contributed by atoms with Gasteiger partial charge in [0.15, 0.2) is 9.84 Å². The summed E-state index contributed by atoms with van der Waals surface area (Å²) < 4.78 is 44.9. The topological polar surface area (TPSA) is 124 Å². The molecule has 1 amide bonds. The summed E-state index contributed by atoms with van der Waals surface area (Å²) in [5, 5.41) is 2.58. The molecule has 1 N–H and O–H groups in total. The second-order valence-corrected chi connectivity index (χ2v) is 11.1. The van der Waals surface area contributed by atoms with Gasteiger partial charge in [-0.2, -0.15) is 0 Å². The van der Waals surface area contributed by atoms with Crippen molar-refractivity contribution in [2.75, 3.05) is 6.61 Å². The summed E-state index contributed by atoms with van der Waals surface area (Å²) >= 11 is 0. The third kappa shape index (κ3) is 5.00. The molecule has 2 saturated carbocycles. The maximum Gasteiger partial charge on any atom is 0.255 e. The van der Waals surface area contributed by atoms with Gasteiger partial charge in [0.05, 0.1) is 46.7 Å². The second-order valence-electron chi connectivity index (χ2n) is 8.77. The number of hydrogen-bond donors (Lipinski definition) is 1. The maximum atomic E-state index is 14.9. The van der Waals surface area contributed by atoms with Crippen LogP contribution in [0.5, 0.6) is 5.88 Å². The number of nitrogens with one attached hydrogen (secondary N) is 1. The van der Waals surface area contributed by atoms with Crippen LogP contribution in [0.4, 0.5) is 4.39 Å². The lowest BCUT2D eigenvalue weighted by atomic mass is 10.1. The van der Waals surface area contributed by atoms with Crippen molar-refractivity contribution in [1.82, 2.24) is 25.3 Å². The number of benzene rings is 1. The largest absolute Gasteiger partial charge is 0.477 e. The van der Waals surface area contributed by atoms with Crippen molar-refractivity contribution in [2.24, 2.45) is 0 Å². The molecule has 2 aliphatic rings. The third-order valence-corrected chi connectivity index (χ3v) is 8.22. The molecule has 2 heterocycles. The van der Waals surface area contributed by atoms with Crippen molar-refractivity contribution in [2.45, 2.75) is 49.1 Å². The Bertz CT molecular complexity index is 1390. The summed E-state index contributed by atoms with van der Waals surface area (Å²) in [5.41, 5.74) is 0.545. The standard InChI is InChI=1S/C24H24FN5O4S/c1-2-34-22-13-26-12-19(28-22)15-3-6-17(18(25)11-15)23(31)30-24(8-9-24)20-7-10-27-21(29-20)14-35(32,33)16-4-5-16/h3,6-7,10-13,16H,2,4-5,8-9,14H2,1H3,(H,30,31). The minimum absolute atomic E-state index is 0.112. The average molecular weight is 498 g/mol. The summed E-state index contributed by atoms with van der Waals surface area (Å²) in [5.74, 6) is -0.957. The second kappa shape index (κ2) is 8.95. The van der Waals surface area contributed by atoms with Crippen LogP contribution in [0, 0.1) is 5.82 Å². The number of halogens is 1. The lowest BCUT2D eigenvalue weighted by molar-refractivity contribution is 0.0925. The molecule has 0 unspecified atom stereocenters. The normalized spacial score (nSPS) is 16.5. The van der Waals surface area contributed by atoms with E-state index in [0.29, 0.717) is 55.1 Å². The van der Waals surface area contributed by atoms with Gasteiger partial charge in [-0.05, 0) is 50.8 Å². The third-order valence-electron chi connectivity index (χ3n) is 6.08. The number of ether oxygens (including phenoxy) is 1. The van der Waals surface area contributed by atoms with Gasteiger partial charge >= 0.3 is 0 Å². The molecular weight excluding hydrogens is 473 g/mol. The minimum atomic E-state index is -3.27. The number of rotatable bonds is 9. The van der Waals surface area contributed by atoms with Gasteiger partial charge < -0.3 is 10.1 Å². The van der Waals surface area contributed by atoms with E-state index in [1.807, 2.05) is 6.92 Å². The molecule has 3 aromatic rings. The van der Waals surface area contributed by atoms with Gasteiger partial charge in [0.2, 0.25) is 5.88 Å². The van der Waals surface area contributed by atoms with Crippen molar-refractivity contribution in [1.29, 1.82) is 0 Å². The molecule has 9 nitrogen and oxygen atoms in total. The van der Waals surface area contributed by atoms with Gasteiger partial charge in [-0.25, -0.2) is 27.8 Å². The van der Waals surface area contributed by atoms with E-state index in [-0.39, 0.29) is 22.4 Å². The lowest BCUT2D eigenvalue weighted by Crippen LogP contribution is -2.36. The van der Waals surface area contributed by atoms with Crippen molar-refractivity contribution >= 4 is 15.7 Å². The summed E-state index contributed by atoms with van der Waals surface area (Å²) in [6.07, 6.45) is 7.05. The Balaban J connectivity index is 1.32. The average Bonchev–Trinajstić information content (AvgIpc) is 3.74. The molecule has 0 saturated heterocycles. The minimum Gasteiger partial charge on any atom is -0.477 e. The number of nitrogens with zero attached hydrogens (tertiary/aromatic N) is 4. The fraction of sp³-hybridized carbons (Fsp3) is 0.375. The highest BCUT2D eigenvalue weighted by atomic mass is 32.2. The first kappa shape index (κ1) is 23.3. The van der Waals surface area contributed by atoms with Crippen LogP contribution in [0.25, 0.3) is 11.3 Å². The molecule has 5 rings (SSSR count). The molecule has 0 aliphatic heterocycles. The Labute approximate surface area is 202 Å². The van der Waals surface area contributed by atoms with Crippen LogP contribution < -0.4 is 10.1 Å². The number of carbonyl (C=O) groups excluding carboxylic acids is 1. The zero-order valence-electron chi connectivity index (χ0n) is 19.1. The van der Waals surface area contributed by atoms with Gasteiger partial charge in [0.1, 0.15) is 17.4 Å². The van der Waals surface area contributed by atoms with E-state index in [0.717, 1.165) is 0 Å². The van der Waals surface area contributed by atoms with Crippen LogP contribution in [0.3, 0.4) is 0 Å². The zero-order valence-corrected chi connectivity index (χ0v) is 19.9. The van der Waals surface area contributed by atoms with Gasteiger partial charge in [-0.1, -0.05) is 6.07 Å². The number of hydrogen-bond acceptors (Lipinski definition) is 8. The molecule has 0 radical (unpaired) electrons. The predicted octanol–water partition coefficient (Wildman–Crippen LogP) is 2.97. The zero-order chi connectivity index (χ0) is 24.6. The molecule has 35 heavy (non-hydrogen) atoms. The van der Waals surface area contributed by atoms with E-state index in [1.54, 1.807) is 12.1 Å². The monoisotopic (exact) mass is 497 g/mol. The number of amides is 1. The lowest BCUT2D eigenvalue weighted by Gasteiger charge is -2.18. The van der Waals surface area contributed by atoms with E-state index in [4.69, 9.17) is 4.74 Å². The van der Waals surface area contributed by atoms with Crippen LogP contribution in [0.15, 0.2) is 42.9 Å². The molecule has 0 bridgehead atoms. The molecule has 2 aliphatic carbocycles. The molecular formula is C24H24FN5O4S. The summed E-state index contributed by atoms with van der Waals surface area (Å²) in [6, 6.07) is 5.89. The molecule has 0 spiro atoms. The molecule has 2 aromatic heterocycles. The predicted molar refractivity (Wildman–Crippen MR) is 125 cm³/mol. The van der Waals surface area contributed by atoms with Crippen LogP contribution >= 0.6 is 0 Å². The molecule has 11 heteroatoms. The Morgan fingerprint density at radius 2 is 2.00 bits per heavy atom. The smallest absolute Gasteiger partial charge is 0.255 e. The van der Waals surface area contributed by atoms with Crippen LogP contribution in [0.1, 0.15) is 54.5 Å². The van der Waals surface area contributed by atoms with E-state index in [9.17, 15) is 17.6 Å². The quantitative estimate of drug-likeness (QED) is 0.479. The number of carbonyl (C=O) groups is 1. The highest BCUT2D eigenvalue weighted by Gasteiger charge is 2.48. The highest BCUT2D eigenvalue weighted by molar-refractivity contribution is 7.91.